The molecule has 1 aromatic heterocycles. The fourth-order valence-electron chi connectivity index (χ4n) is 2.62. The van der Waals surface area contributed by atoms with Crippen molar-refractivity contribution >= 4 is 23.5 Å². The van der Waals surface area contributed by atoms with Crippen molar-refractivity contribution in [2.45, 2.75) is 40.7 Å². The number of esters is 1. The van der Waals surface area contributed by atoms with E-state index in [0.717, 1.165) is 16.8 Å². The summed E-state index contributed by atoms with van der Waals surface area (Å²) < 4.78 is 6.69. The van der Waals surface area contributed by atoms with Gasteiger partial charge in [-0.1, -0.05) is 56.7 Å². The van der Waals surface area contributed by atoms with Crippen molar-refractivity contribution in [3.05, 3.63) is 52.7 Å². The molecule has 1 heterocycles. The number of aryl methyl sites for hydroxylation is 2. The Hall–Kier alpha value is -2.60. The Morgan fingerprint density at radius 2 is 2.00 bits per heavy atom. The van der Waals surface area contributed by atoms with Crippen LogP contribution in [-0.4, -0.2) is 34.3 Å². The van der Waals surface area contributed by atoms with Gasteiger partial charge in [-0.2, -0.15) is 5.10 Å². The van der Waals surface area contributed by atoms with Gasteiger partial charge in [0.1, 0.15) is 6.04 Å². The van der Waals surface area contributed by atoms with E-state index in [9.17, 15) is 9.59 Å². The zero-order valence-corrected chi connectivity index (χ0v) is 18.5. The highest BCUT2D eigenvalue weighted by Crippen LogP contribution is 2.25. The largest absolute Gasteiger partial charge is 0.464 e. The molecular formula is C22H28ClN3O3. The smallest absolute Gasteiger partial charge is 0.332 e. The second-order valence-electron chi connectivity index (χ2n) is 7.93. The molecule has 0 aliphatic rings. The number of halogens is 1. The van der Waals surface area contributed by atoms with Crippen molar-refractivity contribution in [3.8, 4) is 11.3 Å². The lowest BCUT2D eigenvalue weighted by Gasteiger charge is -2.16. The number of nitrogens with zero attached hydrogens (tertiary/aromatic N) is 2. The van der Waals surface area contributed by atoms with Gasteiger partial charge >= 0.3 is 5.97 Å². The van der Waals surface area contributed by atoms with Crippen LogP contribution >= 0.6 is 11.6 Å². The Labute approximate surface area is 176 Å². The molecule has 29 heavy (non-hydrogen) atoms. The van der Waals surface area contributed by atoms with Crippen LogP contribution in [0.4, 0.5) is 0 Å². The zero-order valence-electron chi connectivity index (χ0n) is 17.7. The van der Waals surface area contributed by atoms with E-state index in [1.165, 1.54) is 0 Å². The molecule has 0 radical (unpaired) electrons. The fraction of sp³-hybridized carbons (Fsp3) is 0.409. The monoisotopic (exact) mass is 417 g/mol. The maximum atomic E-state index is 12.8. The predicted molar refractivity (Wildman–Crippen MR) is 115 cm³/mol. The van der Waals surface area contributed by atoms with Crippen LogP contribution in [-0.2, 0) is 16.6 Å². The van der Waals surface area contributed by atoms with Crippen molar-refractivity contribution in [2.75, 3.05) is 6.61 Å². The molecule has 1 N–H and O–H groups in total. The quantitative estimate of drug-likeness (QED) is 0.561. The molecule has 1 unspecified atom stereocenters. The highest BCUT2D eigenvalue weighted by Gasteiger charge is 2.23. The number of carbonyl (C=O) groups excluding carboxylic acids is 2. The minimum absolute atomic E-state index is 0.141. The average Bonchev–Trinajstić information content (AvgIpc) is 3.02. The van der Waals surface area contributed by atoms with Gasteiger partial charge in [0.2, 0.25) is 0 Å². The van der Waals surface area contributed by atoms with E-state index >= 15 is 0 Å². The minimum atomic E-state index is -0.888. The third kappa shape index (κ3) is 6.19. The van der Waals surface area contributed by atoms with E-state index in [0.29, 0.717) is 5.02 Å². The summed E-state index contributed by atoms with van der Waals surface area (Å²) in [6.45, 7) is 9.90. The van der Waals surface area contributed by atoms with Gasteiger partial charge in [-0.25, -0.2) is 4.79 Å². The zero-order chi connectivity index (χ0) is 21.8. The minimum Gasteiger partial charge on any atom is -0.464 e. The van der Waals surface area contributed by atoms with Gasteiger partial charge in [-0.05, 0) is 37.0 Å². The molecule has 6 nitrogen and oxygen atoms in total. The third-order valence-electron chi connectivity index (χ3n) is 4.20. The Balaban J connectivity index is 2.26. The summed E-state index contributed by atoms with van der Waals surface area (Å²) in [5.41, 5.74) is 2.63. The second-order valence-corrected chi connectivity index (χ2v) is 8.34. The van der Waals surface area contributed by atoms with Gasteiger partial charge in [-0.3, -0.25) is 9.48 Å². The Bertz CT molecular complexity index is 926. The number of amides is 1. The van der Waals surface area contributed by atoms with E-state index in [2.05, 4.69) is 10.4 Å². The molecule has 1 amide bonds. The Morgan fingerprint density at radius 1 is 1.31 bits per heavy atom. The van der Waals surface area contributed by atoms with E-state index in [4.69, 9.17) is 16.3 Å². The summed E-state index contributed by atoms with van der Waals surface area (Å²) >= 11 is 6.22. The van der Waals surface area contributed by atoms with Gasteiger partial charge < -0.3 is 10.1 Å². The van der Waals surface area contributed by atoms with E-state index in [1.54, 1.807) is 30.8 Å². The maximum absolute atomic E-state index is 12.8. The molecule has 0 aliphatic heterocycles. The van der Waals surface area contributed by atoms with E-state index in [-0.39, 0.29) is 17.7 Å². The number of allylic oxidation sites excluding steroid dienone is 1. The molecule has 2 rings (SSSR count). The lowest BCUT2D eigenvalue weighted by Crippen LogP contribution is -2.41. The number of benzene rings is 1. The van der Waals surface area contributed by atoms with Gasteiger partial charge in [0.15, 0.2) is 5.69 Å². The van der Waals surface area contributed by atoms with Crippen LogP contribution in [0.15, 0.2) is 36.4 Å². The molecule has 0 fully saturated rings. The van der Waals surface area contributed by atoms with Crippen LogP contribution in [0.25, 0.3) is 11.3 Å². The van der Waals surface area contributed by atoms with Gasteiger partial charge in [0, 0.05) is 17.6 Å². The second kappa shape index (κ2) is 9.27. The highest BCUT2D eigenvalue weighted by molar-refractivity contribution is 6.31. The lowest BCUT2D eigenvalue weighted by molar-refractivity contribution is -0.144. The first-order chi connectivity index (χ1) is 13.5. The lowest BCUT2D eigenvalue weighted by atomic mass is 9.95. The normalized spacial score (nSPS) is 12.8. The highest BCUT2D eigenvalue weighted by atomic mass is 35.5. The third-order valence-corrected chi connectivity index (χ3v) is 4.60. The molecule has 156 valence electrons. The van der Waals surface area contributed by atoms with Crippen molar-refractivity contribution in [1.29, 1.82) is 0 Å². The summed E-state index contributed by atoms with van der Waals surface area (Å²) in [5.74, 6) is -0.968. The number of nitrogens with one attached hydrogen (secondary N) is 1. The predicted octanol–water partition coefficient (Wildman–Crippen LogP) is 4.31. The van der Waals surface area contributed by atoms with Gasteiger partial charge in [0.25, 0.3) is 5.91 Å². The molecule has 1 atom stereocenters. The average molecular weight is 418 g/mol. The number of ether oxygens (including phenoxy) is 1. The Kier molecular flexibility index (Phi) is 7.25. The fourth-order valence-corrected chi connectivity index (χ4v) is 2.80. The summed E-state index contributed by atoms with van der Waals surface area (Å²) in [4.78, 5) is 25.0. The van der Waals surface area contributed by atoms with E-state index in [1.807, 2.05) is 52.0 Å². The molecule has 0 bridgehead atoms. The van der Waals surface area contributed by atoms with Gasteiger partial charge in [0.05, 0.1) is 12.3 Å². The molecule has 0 saturated carbocycles. The molecule has 7 heteroatoms. The molecule has 2 aromatic rings. The van der Waals surface area contributed by atoms with Gasteiger partial charge in [-0.15, -0.1) is 0 Å². The van der Waals surface area contributed by atoms with Crippen LogP contribution in [0.2, 0.25) is 5.02 Å². The van der Waals surface area contributed by atoms with Crippen molar-refractivity contribution in [1.82, 2.24) is 15.1 Å². The SMILES string of the molecule is CCOC(=O)C(/C=C/C(C)(C)C)NC(=O)c1cc(-c2ccc(C)c(Cl)c2)n(C)n1. The van der Waals surface area contributed by atoms with Crippen LogP contribution in [0.3, 0.4) is 0 Å². The number of carbonyl (C=O) groups is 2. The van der Waals surface area contributed by atoms with Crippen molar-refractivity contribution in [2.24, 2.45) is 12.5 Å². The molecule has 1 aromatic carbocycles. The Morgan fingerprint density at radius 3 is 2.59 bits per heavy atom. The summed E-state index contributed by atoms with van der Waals surface area (Å²) in [6.07, 6.45) is 3.52. The molecular weight excluding hydrogens is 390 g/mol. The van der Waals surface area contributed by atoms with Crippen LogP contribution < -0.4 is 5.32 Å². The number of hydrogen-bond acceptors (Lipinski definition) is 4. The molecule has 0 saturated heterocycles. The summed E-state index contributed by atoms with van der Waals surface area (Å²) in [7, 11) is 1.75. The topological polar surface area (TPSA) is 73.2 Å². The first-order valence-corrected chi connectivity index (χ1v) is 9.87. The van der Waals surface area contributed by atoms with Crippen molar-refractivity contribution < 1.29 is 14.3 Å². The van der Waals surface area contributed by atoms with Crippen molar-refractivity contribution in [3.63, 3.8) is 0 Å². The maximum Gasteiger partial charge on any atom is 0.332 e. The van der Waals surface area contributed by atoms with E-state index < -0.39 is 17.9 Å². The summed E-state index contributed by atoms with van der Waals surface area (Å²) in [5, 5.41) is 7.64. The van der Waals surface area contributed by atoms with Crippen LogP contribution in [0, 0.1) is 12.3 Å². The first-order valence-electron chi connectivity index (χ1n) is 9.49. The number of aromatic nitrogens is 2. The summed E-state index contributed by atoms with van der Waals surface area (Å²) in [6, 6.07) is 6.46. The van der Waals surface area contributed by atoms with Crippen LogP contribution in [0.5, 0.6) is 0 Å². The number of hydrogen-bond donors (Lipinski definition) is 1. The first kappa shape index (κ1) is 22.7. The van der Waals surface area contributed by atoms with Crippen LogP contribution in [0.1, 0.15) is 43.7 Å². The molecule has 0 aliphatic carbocycles. The molecule has 0 spiro atoms. The number of rotatable bonds is 6. The standard InChI is InChI=1S/C22H28ClN3O3/c1-7-29-21(28)17(10-11-22(3,4)5)24-20(27)18-13-19(26(6)25-18)15-9-8-14(2)16(23)12-15/h8-13,17H,7H2,1-6H3,(H,24,27)/b11-10+.